The van der Waals surface area contributed by atoms with Crippen molar-refractivity contribution in [2.75, 3.05) is 5.32 Å². The predicted molar refractivity (Wildman–Crippen MR) is 166 cm³/mol. The molecule has 0 saturated heterocycles. The maximum Gasteiger partial charge on any atom is 0.333 e. The predicted octanol–water partition coefficient (Wildman–Crippen LogP) is 5.37. The molecule has 0 unspecified atom stereocenters. The third-order valence-electron chi connectivity index (χ3n) is 7.97. The van der Waals surface area contributed by atoms with Crippen LogP contribution in [0.4, 0.5) is 14.5 Å². The maximum atomic E-state index is 14.0. The van der Waals surface area contributed by atoms with E-state index < -0.39 is 24.1 Å². The molecule has 1 amide bonds. The van der Waals surface area contributed by atoms with Gasteiger partial charge in [-0.1, -0.05) is 30.2 Å². The summed E-state index contributed by atoms with van der Waals surface area (Å²) in [6.45, 7) is 2.00. The van der Waals surface area contributed by atoms with Crippen LogP contribution in [0.25, 0.3) is 28.2 Å². The summed E-state index contributed by atoms with van der Waals surface area (Å²) in [7, 11) is 0. The average Bonchev–Trinajstić information content (AvgIpc) is 3.67. The van der Waals surface area contributed by atoms with E-state index >= 15 is 0 Å². The number of hydrogen-bond donors (Lipinski definition) is 2. The van der Waals surface area contributed by atoms with Gasteiger partial charge < -0.3 is 10.4 Å². The highest BCUT2D eigenvalue weighted by Gasteiger charge is 2.27. The lowest BCUT2D eigenvalue weighted by atomic mass is 9.97. The zero-order valence-corrected chi connectivity index (χ0v) is 25.9. The number of alkyl halides is 2. The number of pyridine rings is 1. The third kappa shape index (κ3) is 6.05. The Kier molecular flexibility index (Phi) is 8.25. The van der Waals surface area contributed by atoms with Crippen LogP contribution < -0.4 is 10.9 Å². The highest BCUT2D eigenvalue weighted by molar-refractivity contribution is 6.31. The molecule has 238 valence electrons. The van der Waals surface area contributed by atoms with Crippen LogP contribution in [0.2, 0.25) is 5.02 Å². The standard InChI is InChI=1S/C31H30ClF2N9O3/c1-17-5-4-6-25(22-11-18(9-10-35-22)28-23(38-29(17)45)14-37-43(28)30(33)34)41-16-36-21(13-27(41)44)20-12-19(32)7-8-24(20)42-15-26(39-40-42)31(2,3)46/h7-17,25,30,46H,4-6H2,1-3H3,(H,38,45)/t17-,25+/m1/s1. The Bertz CT molecular complexity index is 1980. The summed E-state index contributed by atoms with van der Waals surface area (Å²) in [6.07, 6.45) is 7.17. The number of benzene rings is 1. The summed E-state index contributed by atoms with van der Waals surface area (Å²) in [6, 6.07) is 8.99. The molecule has 15 heteroatoms. The number of hydrogen-bond acceptors (Lipinski definition) is 8. The molecule has 0 spiro atoms. The second kappa shape index (κ2) is 12.2. The van der Waals surface area contributed by atoms with Crippen LogP contribution in [0, 0.1) is 5.92 Å². The first-order chi connectivity index (χ1) is 21.9. The van der Waals surface area contributed by atoms with E-state index in [0.29, 0.717) is 62.9 Å². The lowest BCUT2D eigenvalue weighted by Crippen LogP contribution is -2.27. The topological polar surface area (TPSA) is 146 Å². The van der Waals surface area contributed by atoms with Gasteiger partial charge in [-0.2, -0.15) is 13.9 Å². The third-order valence-corrected chi connectivity index (χ3v) is 8.20. The highest BCUT2D eigenvalue weighted by atomic mass is 35.5. The van der Waals surface area contributed by atoms with E-state index in [-0.39, 0.29) is 22.8 Å². The van der Waals surface area contributed by atoms with Gasteiger partial charge in [0.2, 0.25) is 5.91 Å². The van der Waals surface area contributed by atoms with E-state index in [1.165, 1.54) is 34.0 Å². The summed E-state index contributed by atoms with van der Waals surface area (Å²) in [5.74, 6) is -0.745. The molecule has 46 heavy (non-hydrogen) atoms. The fourth-order valence-corrected chi connectivity index (χ4v) is 5.64. The zero-order valence-electron chi connectivity index (χ0n) is 25.1. The van der Waals surface area contributed by atoms with E-state index in [2.05, 4.69) is 30.7 Å². The molecule has 1 aromatic carbocycles. The number of halogens is 3. The van der Waals surface area contributed by atoms with E-state index in [0.717, 1.165) is 0 Å². The van der Waals surface area contributed by atoms with E-state index in [9.17, 15) is 23.5 Å². The Hall–Kier alpha value is -4.82. The lowest BCUT2D eigenvalue weighted by Gasteiger charge is -2.22. The van der Waals surface area contributed by atoms with Crippen molar-refractivity contribution < 1.29 is 18.7 Å². The largest absolute Gasteiger partial charge is 0.384 e. The number of rotatable bonds is 5. The molecule has 0 saturated carbocycles. The van der Waals surface area contributed by atoms with Gasteiger partial charge in [0.05, 0.1) is 53.2 Å². The van der Waals surface area contributed by atoms with Crippen LogP contribution in [0.15, 0.2) is 66.1 Å². The molecule has 0 radical (unpaired) electrons. The van der Waals surface area contributed by atoms with Crippen molar-refractivity contribution in [3.05, 3.63) is 88.1 Å². The smallest absolute Gasteiger partial charge is 0.333 e. The minimum Gasteiger partial charge on any atom is -0.384 e. The van der Waals surface area contributed by atoms with E-state index in [4.69, 9.17) is 11.6 Å². The van der Waals surface area contributed by atoms with Crippen molar-refractivity contribution in [1.82, 2.24) is 39.3 Å². The number of aromatic nitrogens is 8. The first-order valence-corrected chi connectivity index (χ1v) is 14.9. The first-order valence-electron chi connectivity index (χ1n) is 14.6. The lowest BCUT2D eigenvalue weighted by molar-refractivity contribution is -0.119. The number of amides is 1. The maximum absolute atomic E-state index is 14.0. The molecule has 0 aliphatic carbocycles. The molecule has 6 rings (SSSR count). The number of carbonyl (C=O) groups excluding carboxylic acids is 1. The summed E-state index contributed by atoms with van der Waals surface area (Å²) >= 11 is 6.34. The minimum atomic E-state index is -2.95. The van der Waals surface area contributed by atoms with Crippen molar-refractivity contribution in [2.24, 2.45) is 5.92 Å². The molecule has 1 aliphatic rings. The van der Waals surface area contributed by atoms with Crippen molar-refractivity contribution in [2.45, 2.75) is 58.2 Å². The Morgan fingerprint density at radius 2 is 1.91 bits per heavy atom. The number of aliphatic hydroxyl groups is 1. The van der Waals surface area contributed by atoms with Gasteiger partial charge in [-0.15, -0.1) is 5.10 Å². The van der Waals surface area contributed by atoms with Crippen LogP contribution in [0.1, 0.15) is 64.0 Å². The average molecular weight is 650 g/mol. The highest BCUT2D eigenvalue weighted by Crippen LogP contribution is 2.35. The van der Waals surface area contributed by atoms with Crippen LogP contribution in [0.3, 0.4) is 0 Å². The summed E-state index contributed by atoms with van der Waals surface area (Å²) in [5, 5.41) is 25.6. The molecule has 5 heterocycles. The van der Waals surface area contributed by atoms with Crippen molar-refractivity contribution >= 4 is 23.2 Å². The van der Waals surface area contributed by atoms with Gasteiger partial charge in [0, 0.05) is 34.3 Å². The van der Waals surface area contributed by atoms with Gasteiger partial charge in [0.25, 0.3) is 5.56 Å². The van der Waals surface area contributed by atoms with Gasteiger partial charge in [-0.3, -0.25) is 19.1 Å². The van der Waals surface area contributed by atoms with Gasteiger partial charge in [-0.25, -0.2) is 14.3 Å². The van der Waals surface area contributed by atoms with Crippen LogP contribution in [-0.4, -0.2) is 50.3 Å². The molecule has 4 aromatic heterocycles. The van der Waals surface area contributed by atoms with Crippen LogP contribution >= 0.6 is 11.6 Å². The SMILES string of the molecule is C[C@@H]1CCC[C@H](n2cnc(-c3cc(Cl)ccc3-n3cc(C(C)(C)O)nn3)cc2=O)c2cc(ccn2)-c2c(cnn2C(F)F)NC1=O. The fraction of sp³-hybridized carbons (Fsp3) is 0.323. The quantitative estimate of drug-likeness (QED) is 0.258. The second-order valence-corrected chi connectivity index (χ2v) is 12.2. The molecule has 12 nitrogen and oxygen atoms in total. The number of anilines is 1. The monoisotopic (exact) mass is 649 g/mol. The molecule has 5 aromatic rings. The molecule has 0 fully saturated rings. The first kappa shape index (κ1) is 31.2. The van der Waals surface area contributed by atoms with Gasteiger partial charge in [0.1, 0.15) is 11.3 Å². The van der Waals surface area contributed by atoms with Gasteiger partial charge in [0.15, 0.2) is 0 Å². The van der Waals surface area contributed by atoms with Crippen molar-refractivity contribution in [3.8, 4) is 28.2 Å². The fourth-order valence-electron chi connectivity index (χ4n) is 5.47. The number of nitrogens with one attached hydrogen (secondary N) is 1. The normalized spacial score (nSPS) is 17.3. The molecular weight excluding hydrogens is 620 g/mol. The van der Waals surface area contributed by atoms with Gasteiger partial charge in [-0.05, 0) is 57.0 Å². The van der Waals surface area contributed by atoms with Crippen molar-refractivity contribution in [1.29, 1.82) is 0 Å². The Morgan fingerprint density at radius 3 is 2.63 bits per heavy atom. The molecule has 2 bridgehead atoms. The van der Waals surface area contributed by atoms with Gasteiger partial charge >= 0.3 is 6.55 Å². The number of nitrogens with zero attached hydrogens (tertiary/aromatic N) is 8. The zero-order chi connectivity index (χ0) is 32.7. The Balaban J connectivity index is 1.43. The molecular formula is C31H30ClF2N9O3. The van der Waals surface area contributed by atoms with E-state index in [1.807, 2.05) is 0 Å². The molecule has 2 N–H and O–H groups in total. The van der Waals surface area contributed by atoms with E-state index in [1.54, 1.807) is 57.3 Å². The summed E-state index contributed by atoms with van der Waals surface area (Å²) < 4.78 is 31.4. The Labute approximate surface area is 266 Å². The second-order valence-electron chi connectivity index (χ2n) is 11.7. The Morgan fingerprint density at radius 1 is 1.11 bits per heavy atom. The molecule has 1 aliphatic heterocycles. The molecule has 2 atom stereocenters. The van der Waals surface area contributed by atoms with Crippen LogP contribution in [-0.2, 0) is 10.4 Å². The summed E-state index contributed by atoms with van der Waals surface area (Å²) in [5.41, 5.74) is 1.14. The minimum absolute atomic E-state index is 0.0358. The van der Waals surface area contributed by atoms with Crippen LogP contribution in [0.5, 0.6) is 0 Å². The van der Waals surface area contributed by atoms with Crippen molar-refractivity contribution in [3.63, 3.8) is 0 Å². The number of fused-ring (bicyclic) bond motifs is 4. The summed E-state index contributed by atoms with van der Waals surface area (Å²) in [4.78, 5) is 35.9. The number of carbonyl (C=O) groups is 1.